The molecule has 3 rings (SSSR count). The van der Waals surface area contributed by atoms with Crippen molar-refractivity contribution >= 4 is 32.7 Å². The van der Waals surface area contributed by atoms with Gasteiger partial charge in [0.2, 0.25) is 0 Å². The van der Waals surface area contributed by atoms with Gasteiger partial charge in [-0.1, -0.05) is 35.0 Å². The average molecular weight is 387 g/mol. The molecular weight excluding hydrogens is 368 g/mol. The SMILES string of the molecule is CCC(N)CNc1nc(-c2cc(Br)ccc2O)nc2ccccc12. The minimum absolute atomic E-state index is 0.0569. The smallest absolute Gasteiger partial charge is 0.165 e. The first kappa shape index (κ1) is 16.7. The van der Waals surface area contributed by atoms with E-state index < -0.39 is 0 Å². The number of fused-ring (bicyclic) bond motifs is 1. The van der Waals surface area contributed by atoms with Crippen LogP contribution in [0, 0.1) is 0 Å². The summed E-state index contributed by atoms with van der Waals surface area (Å²) >= 11 is 3.42. The summed E-state index contributed by atoms with van der Waals surface area (Å²) in [4.78, 5) is 9.21. The van der Waals surface area contributed by atoms with Crippen molar-refractivity contribution in [3.05, 3.63) is 46.9 Å². The molecule has 0 aliphatic rings. The molecule has 0 saturated heterocycles. The summed E-state index contributed by atoms with van der Waals surface area (Å²) in [7, 11) is 0. The number of halogens is 1. The van der Waals surface area contributed by atoms with Crippen molar-refractivity contribution in [2.24, 2.45) is 5.73 Å². The zero-order valence-corrected chi connectivity index (χ0v) is 14.9. The van der Waals surface area contributed by atoms with Gasteiger partial charge in [-0.2, -0.15) is 0 Å². The van der Waals surface area contributed by atoms with Gasteiger partial charge in [0.15, 0.2) is 5.82 Å². The maximum atomic E-state index is 10.2. The molecule has 6 heteroatoms. The van der Waals surface area contributed by atoms with Crippen molar-refractivity contribution in [1.29, 1.82) is 0 Å². The predicted octanol–water partition coefficient (Wildman–Crippen LogP) is 3.91. The number of benzene rings is 2. The Morgan fingerprint density at radius 3 is 2.79 bits per heavy atom. The molecule has 1 unspecified atom stereocenters. The third-order valence-corrected chi connectivity index (χ3v) is 4.35. The van der Waals surface area contributed by atoms with Gasteiger partial charge in [0.1, 0.15) is 11.6 Å². The number of hydrogen-bond acceptors (Lipinski definition) is 5. The lowest BCUT2D eigenvalue weighted by Crippen LogP contribution is -2.28. The summed E-state index contributed by atoms with van der Waals surface area (Å²) in [6.07, 6.45) is 0.884. The largest absolute Gasteiger partial charge is 0.507 e. The molecule has 124 valence electrons. The molecule has 0 spiro atoms. The zero-order chi connectivity index (χ0) is 17.1. The summed E-state index contributed by atoms with van der Waals surface area (Å²) in [5.41, 5.74) is 7.40. The van der Waals surface area contributed by atoms with Crippen molar-refractivity contribution in [2.45, 2.75) is 19.4 Å². The third kappa shape index (κ3) is 3.49. The molecule has 0 saturated carbocycles. The minimum atomic E-state index is 0.0569. The first-order valence-electron chi connectivity index (χ1n) is 7.83. The lowest BCUT2D eigenvalue weighted by molar-refractivity contribution is 0.477. The van der Waals surface area contributed by atoms with Crippen LogP contribution < -0.4 is 11.1 Å². The number of nitrogens with two attached hydrogens (primary N) is 1. The van der Waals surface area contributed by atoms with Crippen molar-refractivity contribution in [3.8, 4) is 17.1 Å². The second-order valence-corrected chi connectivity index (χ2v) is 6.54. The third-order valence-electron chi connectivity index (χ3n) is 3.86. The van der Waals surface area contributed by atoms with Gasteiger partial charge in [0.05, 0.1) is 11.1 Å². The molecule has 0 bridgehead atoms. The van der Waals surface area contributed by atoms with Gasteiger partial charge in [-0.25, -0.2) is 9.97 Å². The summed E-state index contributed by atoms with van der Waals surface area (Å²) in [6, 6.07) is 13.0. The quantitative estimate of drug-likeness (QED) is 0.618. The van der Waals surface area contributed by atoms with Crippen molar-refractivity contribution in [3.63, 3.8) is 0 Å². The average Bonchev–Trinajstić information content (AvgIpc) is 2.61. The van der Waals surface area contributed by atoms with E-state index in [9.17, 15) is 5.11 Å². The fourth-order valence-corrected chi connectivity index (χ4v) is 2.75. The number of nitrogens with zero attached hydrogens (tertiary/aromatic N) is 2. The molecule has 0 amide bonds. The van der Waals surface area contributed by atoms with Crippen LogP contribution in [0.15, 0.2) is 46.9 Å². The van der Waals surface area contributed by atoms with Gasteiger partial charge in [0, 0.05) is 22.4 Å². The van der Waals surface area contributed by atoms with Crippen LogP contribution in [0.4, 0.5) is 5.82 Å². The number of aromatic nitrogens is 2. The summed E-state index contributed by atoms with van der Waals surface area (Å²) < 4.78 is 0.856. The van der Waals surface area contributed by atoms with Gasteiger partial charge < -0.3 is 16.2 Å². The van der Waals surface area contributed by atoms with Gasteiger partial charge in [-0.15, -0.1) is 0 Å². The molecule has 0 fully saturated rings. The molecule has 3 aromatic rings. The van der Waals surface area contributed by atoms with E-state index in [2.05, 4.69) is 38.1 Å². The maximum absolute atomic E-state index is 10.2. The van der Waals surface area contributed by atoms with Crippen LogP contribution in [-0.4, -0.2) is 27.7 Å². The minimum Gasteiger partial charge on any atom is -0.507 e. The van der Waals surface area contributed by atoms with E-state index in [0.717, 1.165) is 27.6 Å². The van der Waals surface area contributed by atoms with E-state index in [0.29, 0.717) is 17.9 Å². The molecule has 0 radical (unpaired) electrons. The van der Waals surface area contributed by atoms with Crippen LogP contribution in [0.25, 0.3) is 22.3 Å². The molecule has 0 aliphatic carbocycles. The molecule has 0 aliphatic heterocycles. The lowest BCUT2D eigenvalue weighted by Gasteiger charge is -2.14. The number of anilines is 1. The molecule has 5 nitrogen and oxygen atoms in total. The molecule has 1 atom stereocenters. The van der Waals surface area contributed by atoms with Gasteiger partial charge >= 0.3 is 0 Å². The summed E-state index contributed by atoms with van der Waals surface area (Å²) in [5.74, 6) is 1.34. The Balaban J connectivity index is 2.11. The second kappa shape index (κ2) is 7.15. The number of aromatic hydroxyl groups is 1. The van der Waals surface area contributed by atoms with Crippen LogP contribution in [0.5, 0.6) is 5.75 Å². The standard InChI is InChI=1S/C18H19BrN4O/c1-2-12(20)10-21-17-13-5-3-4-6-15(13)22-18(23-17)14-9-11(19)7-8-16(14)24/h3-9,12,24H,2,10,20H2,1H3,(H,21,22,23). The number of rotatable bonds is 5. The van der Waals surface area contributed by atoms with Crippen LogP contribution in [0.3, 0.4) is 0 Å². The molecule has 1 aromatic heterocycles. The molecule has 1 heterocycles. The molecule has 24 heavy (non-hydrogen) atoms. The maximum Gasteiger partial charge on any atom is 0.165 e. The Kier molecular flexibility index (Phi) is 4.97. The van der Waals surface area contributed by atoms with Crippen molar-refractivity contribution < 1.29 is 5.11 Å². The van der Waals surface area contributed by atoms with Crippen molar-refractivity contribution in [1.82, 2.24) is 9.97 Å². The predicted molar refractivity (Wildman–Crippen MR) is 101 cm³/mol. The highest BCUT2D eigenvalue weighted by Crippen LogP contribution is 2.32. The van der Waals surface area contributed by atoms with E-state index in [1.165, 1.54) is 0 Å². The highest BCUT2D eigenvalue weighted by Gasteiger charge is 2.13. The number of nitrogens with one attached hydrogen (secondary N) is 1. The van der Waals surface area contributed by atoms with Gasteiger partial charge in [-0.3, -0.25) is 0 Å². The molecule has 2 aromatic carbocycles. The van der Waals surface area contributed by atoms with Gasteiger partial charge in [0.25, 0.3) is 0 Å². The second-order valence-electron chi connectivity index (χ2n) is 5.62. The highest BCUT2D eigenvalue weighted by atomic mass is 79.9. The Labute approximate surface area is 149 Å². The highest BCUT2D eigenvalue weighted by molar-refractivity contribution is 9.10. The fraction of sp³-hybridized carbons (Fsp3) is 0.222. The first-order chi connectivity index (χ1) is 11.6. The van der Waals surface area contributed by atoms with E-state index >= 15 is 0 Å². The Hall–Kier alpha value is -2.18. The fourth-order valence-electron chi connectivity index (χ4n) is 2.39. The zero-order valence-electron chi connectivity index (χ0n) is 13.3. The van der Waals surface area contributed by atoms with Crippen LogP contribution >= 0.6 is 15.9 Å². The Morgan fingerprint density at radius 2 is 2.00 bits per heavy atom. The molecule has 4 N–H and O–H groups in total. The number of hydrogen-bond donors (Lipinski definition) is 3. The lowest BCUT2D eigenvalue weighted by atomic mass is 10.1. The Morgan fingerprint density at radius 1 is 1.21 bits per heavy atom. The Bertz CT molecular complexity index is 869. The van der Waals surface area contributed by atoms with E-state index in [4.69, 9.17) is 5.73 Å². The summed E-state index contributed by atoms with van der Waals surface area (Å²) in [5, 5.41) is 14.4. The van der Waals surface area contributed by atoms with E-state index in [1.807, 2.05) is 24.3 Å². The van der Waals surface area contributed by atoms with E-state index in [1.54, 1.807) is 18.2 Å². The van der Waals surface area contributed by atoms with E-state index in [-0.39, 0.29) is 11.8 Å². The topological polar surface area (TPSA) is 84.1 Å². The van der Waals surface area contributed by atoms with Crippen LogP contribution in [0.2, 0.25) is 0 Å². The number of phenolic OH excluding ortho intramolecular Hbond substituents is 1. The van der Waals surface area contributed by atoms with Crippen molar-refractivity contribution in [2.75, 3.05) is 11.9 Å². The monoisotopic (exact) mass is 386 g/mol. The number of para-hydroxylation sites is 1. The van der Waals surface area contributed by atoms with Crippen LogP contribution in [-0.2, 0) is 0 Å². The normalized spacial score (nSPS) is 12.3. The number of phenols is 1. The van der Waals surface area contributed by atoms with Crippen LogP contribution in [0.1, 0.15) is 13.3 Å². The van der Waals surface area contributed by atoms with Gasteiger partial charge in [-0.05, 0) is 36.8 Å². The molecular formula is C18H19BrN4O. The first-order valence-corrected chi connectivity index (χ1v) is 8.63. The summed E-state index contributed by atoms with van der Waals surface area (Å²) in [6.45, 7) is 2.68.